The van der Waals surface area contributed by atoms with Gasteiger partial charge in [-0.3, -0.25) is 4.79 Å². The molecule has 0 aromatic heterocycles. The molecule has 5 heteroatoms. The number of ether oxygens (including phenoxy) is 1. The number of carbonyl (C=O) groups is 1. The zero-order valence-electron chi connectivity index (χ0n) is 10.9. The van der Waals surface area contributed by atoms with E-state index in [-0.39, 0.29) is 18.6 Å². The smallest absolute Gasteiger partial charge is 0.260 e. The Morgan fingerprint density at radius 1 is 1.47 bits per heavy atom. The van der Waals surface area contributed by atoms with Gasteiger partial charge in [-0.2, -0.15) is 0 Å². The molecule has 1 aliphatic carbocycles. The highest BCUT2D eigenvalue weighted by molar-refractivity contribution is 6.32. The maximum Gasteiger partial charge on any atom is 0.260 e. The molecule has 1 aliphatic rings. The lowest BCUT2D eigenvalue weighted by molar-refractivity contribution is -0.133. The number of hydrogen-bond acceptors (Lipinski definition) is 3. The van der Waals surface area contributed by atoms with Crippen LogP contribution >= 0.6 is 11.6 Å². The highest BCUT2D eigenvalue weighted by Gasteiger charge is 2.29. The van der Waals surface area contributed by atoms with E-state index >= 15 is 0 Å². The number of halogens is 1. The second-order valence-electron chi connectivity index (χ2n) is 4.98. The molecule has 2 rings (SSSR count). The van der Waals surface area contributed by atoms with Gasteiger partial charge in [0.2, 0.25) is 0 Å². The van der Waals surface area contributed by atoms with Gasteiger partial charge in [-0.15, -0.1) is 0 Å². The van der Waals surface area contributed by atoms with Gasteiger partial charge in [0.1, 0.15) is 5.75 Å². The normalized spacial score (nSPS) is 21.6. The Hall–Kier alpha value is -1.26. The van der Waals surface area contributed by atoms with Crippen molar-refractivity contribution in [1.82, 2.24) is 4.90 Å². The number of aliphatic hydroxyl groups excluding tert-OH is 1. The lowest BCUT2D eigenvalue weighted by Crippen LogP contribution is -2.41. The highest BCUT2D eigenvalue weighted by Crippen LogP contribution is 2.27. The molecule has 0 heterocycles. The topological polar surface area (TPSA) is 49.8 Å². The zero-order chi connectivity index (χ0) is 13.8. The summed E-state index contributed by atoms with van der Waals surface area (Å²) in [7, 11) is 1.75. The molecule has 1 amide bonds. The van der Waals surface area contributed by atoms with Gasteiger partial charge in [-0.25, -0.2) is 0 Å². The van der Waals surface area contributed by atoms with Gasteiger partial charge >= 0.3 is 0 Å². The third-order valence-corrected chi connectivity index (χ3v) is 3.67. The van der Waals surface area contributed by atoms with Crippen LogP contribution in [0.15, 0.2) is 24.3 Å². The van der Waals surface area contributed by atoms with Crippen molar-refractivity contribution in [3.05, 3.63) is 29.3 Å². The van der Waals surface area contributed by atoms with Crippen LogP contribution in [0.25, 0.3) is 0 Å². The molecule has 0 aliphatic heterocycles. The lowest BCUT2D eigenvalue weighted by Gasteiger charge is -2.34. The maximum absolute atomic E-state index is 11.9. The van der Waals surface area contributed by atoms with Crippen LogP contribution in [-0.2, 0) is 4.79 Å². The minimum absolute atomic E-state index is 0.0183. The summed E-state index contributed by atoms with van der Waals surface area (Å²) in [5.41, 5.74) is 0. The van der Waals surface area contributed by atoms with Crippen LogP contribution in [0.5, 0.6) is 5.75 Å². The van der Waals surface area contributed by atoms with Crippen LogP contribution in [0, 0.1) is 5.92 Å². The number of carbonyl (C=O) groups excluding carboxylic acids is 1. The standard InChI is InChI=1S/C14H18ClNO3/c1-16(8-10-6-11(17)7-10)14(18)9-19-13-5-3-2-4-12(13)15/h2-5,10-11,17H,6-9H2,1H3. The van der Waals surface area contributed by atoms with Crippen molar-refractivity contribution in [2.24, 2.45) is 5.92 Å². The van der Waals surface area contributed by atoms with Crippen molar-refractivity contribution in [2.75, 3.05) is 20.2 Å². The molecule has 1 fully saturated rings. The minimum atomic E-state index is -0.187. The Morgan fingerprint density at radius 3 is 2.79 bits per heavy atom. The molecular weight excluding hydrogens is 266 g/mol. The summed E-state index contributed by atoms with van der Waals surface area (Å²) in [5, 5.41) is 9.71. The van der Waals surface area contributed by atoms with E-state index in [1.165, 1.54) is 0 Å². The predicted octanol–water partition coefficient (Wildman–Crippen LogP) is 1.95. The van der Waals surface area contributed by atoms with Gasteiger partial charge < -0.3 is 14.7 Å². The Bertz CT molecular complexity index is 446. The zero-order valence-corrected chi connectivity index (χ0v) is 11.6. The summed E-state index contributed by atoms with van der Waals surface area (Å²) >= 11 is 5.94. The molecule has 0 radical (unpaired) electrons. The summed E-state index contributed by atoms with van der Waals surface area (Å²) in [4.78, 5) is 13.5. The molecule has 1 N–H and O–H groups in total. The minimum Gasteiger partial charge on any atom is -0.482 e. The van der Waals surface area contributed by atoms with Crippen molar-refractivity contribution < 1.29 is 14.6 Å². The first-order valence-corrected chi connectivity index (χ1v) is 6.73. The largest absolute Gasteiger partial charge is 0.482 e. The fraction of sp³-hybridized carbons (Fsp3) is 0.500. The number of benzene rings is 1. The highest BCUT2D eigenvalue weighted by atomic mass is 35.5. The van der Waals surface area contributed by atoms with Gasteiger partial charge in [0.25, 0.3) is 5.91 Å². The monoisotopic (exact) mass is 283 g/mol. The summed E-state index contributed by atoms with van der Waals surface area (Å²) in [6.07, 6.45) is 1.37. The van der Waals surface area contributed by atoms with Crippen LogP contribution < -0.4 is 4.74 Å². The van der Waals surface area contributed by atoms with E-state index in [1.54, 1.807) is 24.1 Å². The van der Waals surface area contributed by atoms with Crippen LogP contribution in [0.4, 0.5) is 0 Å². The van der Waals surface area contributed by atoms with E-state index in [2.05, 4.69) is 0 Å². The molecule has 0 spiro atoms. The summed E-state index contributed by atoms with van der Waals surface area (Å²) in [5.74, 6) is 0.843. The Balaban J connectivity index is 1.76. The first-order chi connectivity index (χ1) is 9.06. The number of aliphatic hydroxyl groups is 1. The van der Waals surface area contributed by atoms with Crippen LogP contribution in [0.1, 0.15) is 12.8 Å². The molecule has 4 nitrogen and oxygen atoms in total. The average Bonchev–Trinajstić information content (AvgIpc) is 2.35. The first kappa shape index (κ1) is 14.2. The summed E-state index contributed by atoms with van der Waals surface area (Å²) in [6.45, 7) is 0.650. The summed E-state index contributed by atoms with van der Waals surface area (Å²) < 4.78 is 5.40. The van der Waals surface area contributed by atoms with E-state index in [9.17, 15) is 9.90 Å². The van der Waals surface area contributed by atoms with Gasteiger partial charge in [0, 0.05) is 13.6 Å². The third-order valence-electron chi connectivity index (χ3n) is 3.36. The molecule has 0 saturated heterocycles. The van der Waals surface area contributed by atoms with E-state index in [4.69, 9.17) is 16.3 Å². The summed E-state index contributed by atoms with van der Waals surface area (Å²) in [6, 6.07) is 7.08. The molecule has 19 heavy (non-hydrogen) atoms. The van der Waals surface area contributed by atoms with Crippen LogP contribution in [0.3, 0.4) is 0 Å². The fourth-order valence-electron chi connectivity index (χ4n) is 2.15. The Morgan fingerprint density at radius 2 is 2.16 bits per heavy atom. The maximum atomic E-state index is 11.9. The van der Waals surface area contributed by atoms with Gasteiger partial charge in [-0.1, -0.05) is 23.7 Å². The first-order valence-electron chi connectivity index (χ1n) is 6.35. The fourth-order valence-corrected chi connectivity index (χ4v) is 2.34. The Kier molecular flexibility index (Phi) is 4.66. The van der Waals surface area contributed by atoms with Crippen molar-refractivity contribution >= 4 is 17.5 Å². The van der Waals surface area contributed by atoms with E-state index in [0.29, 0.717) is 23.2 Å². The molecular formula is C14H18ClNO3. The van der Waals surface area contributed by atoms with E-state index in [0.717, 1.165) is 12.8 Å². The number of nitrogens with zero attached hydrogens (tertiary/aromatic N) is 1. The SMILES string of the molecule is CN(CC1CC(O)C1)C(=O)COc1ccccc1Cl. The number of likely N-dealkylation sites (N-methyl/N-ethyl adjacent to an activating group) is 1. The van der Waals surface area contributed by atoms with E-state index < -0.39 is 0 Å². The predicted molar refractivity (Wildman–Crippen MR) is 73.3 cm³/mol. The number of amides is 1. The van der Waals surface area contributed by atoms with Gasteiger partial charge in [0.15, 0.2) is 6.61 Å². The van der Waals surface area contributed by atoms with Crippen molar-refractivity contribution in [1.29, 1.82) is 0 Å². The van der Waals surface area contributed by atoms with Crippen molar-refractivity contribution in [2.45, 2.75) is 18.9 Å². The second-order valence-corrected chi connectivity index (χ2v) is 5.39. The van der Waals surface area contributed by atoms with Gasteiger partial charge in [0.05, 0.1) is 11.1 Å². The number of para-hydroxylation sites is 1. The molecule has 1 saturated carbocycles. The van der Waals surface area contributed by atoms with Crippen molar-refractivity contribution in [3.63, 3.8) is 0 Å². The number of rotatable bonds is 5. The lowest BCUT2D eigenvalue weighted by atomic mass is 9.82. The van der Waals surface area contributed by atoms with Crippen LogP contribution in [0.2, 0.25) is 5.02 Å². The van der Waals surface area contributed by atoms with E-state index in [1.807, 2.05) is 12.1 Å². The second kappa shape index (κ2) is 6.26. The van der Waals surface area contributed by atoms with Crippen molar-refractivity contribution in [3.8, 4) is 5.75 Å². The molecule has 0 unspecified atom stereocenters. The third kappa shape index (κ3) is 3.85. The molecule has 1 aromatic carbocycles. The van der Waals surface area contributed by atoms with Gasteiger partial charge in [-0.05, 0) is 30.9 Å². The Labute approximate surface area is 117 Å². The quantitative estimate of drug-likeness (QED) is 0.898. The molecule has 104 valence electrons. The van der Waals surface area contributed by atoms with Crippen LogP contribution in [-0.4, -0.2) is 42.2 Å². The molecule has 0 bridgehead atoms. The average molecular weight is 284 g/mol. The molecule has 0 atom stereocenters. The molecule has 1 aromatic rings. The number of hydrogen-bond donors (Lipinski definition) is 1.